The highest BCUT2D eigenvalue weighted by atomic mass is 79.9. The van der Waals surface area contributed by atoms with Crippen LogP contribution in [0.4, 0.5) is 14.5 Å². The fourth-order valence-corrected chi connectivity index (χ4v) is 2.11. The van der Waals surface area contributed by atoms with Crippen LogP contribution in [-0.4, -0.2) is 5.71 Å². The number of halogens is 3. The Morgan fingerprint density at radius 3 is 2.58 bits per heavy atom. The minimum atomic E-state index is -0.677. The molecule has 0 aliphatic heterocycles. The SMILES string of the molecule is CC(=NNc1ccc(F)cc1F)c1ccccc1Br. The van der Waals surface area contributed by atoms with Gasteiger partial charge in [-0.1, -0.05) is 34.1 Å². The highest BCUT2D eigenvalue weighted by molar-refractivity contribution is 9.10. The number of hydrogen-bond acceptors (Lipinski definition) is 2. The van der Waals surface area contributed by atoms with Crippen molar-refractivity contribution in [1.82, 2.24) is 0 Å². The maximum atomic E-state index is 13.4. The topological polar surface area (TPSA) is 24.4 Å². The van der Waals surface area contributed by atoms with Crippen molar-refractivity contribution < 1.29 is 8.78 Å². The third-order valence-corrected chi connectivity index (χ3v) is 3.23. The fourth-order valence-electron chi connectivity index (χ4n) is 1.54. The van der Waals surface area contributed by atoms with E-state index in [4.69, 9.17) is 0 Å². The van der Waals surface area contributed by atoms with Crippen molar-refractivity contribution in [1.29, 1.82) is 0 Å². The minimum Gasteiger partial charge on any atom is -0.275 e. The van der Waals surface area contributed by atoms with E-state index in [2.05, 4.69) is 26.5 Å². The van der Waals surface area contributed by atoms with Crippen LogP contribution in [0.2, 0.25) is 0 Å². The lowest BCUT2D eigenvalue weighted by atomic mass is 10.1. The monoisotopic (exact) mass is 324 g/mol. The predicted molar refractivity (Wildman–Crippen MR) is 76.3 cm³/mol. The van der Waals surface area contributed by atoms with Crippen molar-refractivity contribution in [2.75, 3.05) is 5.43 Å². The third kappa shape index (κ3) is 3.38. The Morgan fingerprint density at radius 2 is 1.89 bits per heavy atom. The zero-order valence-electron chi connectivity index (χ0n) is 10.1. The van der Waals surface area contributed by atoms with Gasteiger partial charge < -0.3 is 0 Å². The minimum absolute atomic E-state index is 0.132. The number of rotatable bonds is 3. The molecular weight excluding hydrogens is 314 g/mol. The summed E-state index contributed by atoms with van der Waals surface area (Å²) in [4.78, 5) is 0. The zero-order chi connectivity index (χ0) is 13.8. The number of hydrogen-bond donors (Lipinski definition) is 1. The molecule has 2 aromatic carbocycles. The van der Waals surface area contributed by atoms with Crippen molar-refractivity contribution in [3.63, 3.8) is 0 Å². The van der Waals surface area contributed by atoms with Gasteiger partial charge in [0.05, 0.1) is 11.4 Å². The van der Waals surface area contributed by atoms with E-state index in [9.17, 15) is 8.78 Å². The molecule has 0 heterocycles. The smallest absolute Gasteiger partial charge is 0.151 e. The molecule has 2 aromatic rings. The number of hydrazone groups is 1. The van der Waals surface area contributed by atoms with Crippen LogP contribution >= 0.6 is 15.9 Å². The van der Waals surface area contributed by atoms with E-state index < -0.39 is 11.6 Å². The van der Waals surface area contributed by atoms with Crippen LogP contribution in [0.15, 0.2) is 52.0 Å². The van der Waals surface area contributed by atoms with Gasteiger partial charge in [0.25, 0.3) is 0 Å². The van der Waals surface area contributed by atoms with Crippen LogP contribution in [0.25, 0.3) is 0 Å². The van der Waals surface area contributed by atoms with E-state index in [0.29, 0.717) is 5.71 Å². The summed E-state index contributed by atoms with van der Waals surface area (Å²) < 4.78 is 27.1. The summed E-state index contributed by atoms with van der Waals surface area (Å²) in [5, 5.41) is 4.09. The molecule has 0 unspecified atom stereocenters. The first-order valence-electron chi connectivity index (χ1n) is 5.58. The van der Waals surface area contributed by atoms with Gasteiger partial charge in [0.1, 0.15) is 5.82 Å². The normalized spacial score (nSPS) is 11.5. The first-order chi connectivity index (χ1) is 9.08. The Kier molecular flexibility index (Phi) is 4.27. The largest absolute Gasteiger partial charge is 0.275 e. The molecule has 0 amide bonds. The Bertz CT molecular complexity index is 627. The van der Waals surface area contributed by atoms with Crippen LogP contribution in [0, 0.1) is 11.6 Å². The molecule has 5 heteroatoms. The van der Waals surface area contributed by atoms with E-state index in [0.717, 1.165) is 16.1 Å². The van der Waals surface area contributed by atoms with E-state index in [-0.39, 0.29) is 5.69 Å². The molecule has 98 valence electrons. The molecule has 2 nitrogen and oxygen atoms in total. The quantitative estimate of drug-likeness (QED) is 0.649. The van der Waals surface area contributed by atoms with Crippen molar-refractivity contribution >= 4 is 27.3 Å². The van der Waals surface area contributed by atoms with Gasteiger partial charge in [-0.2, -0.15) is 5.10 Å². The summed E-state index contributed by atoms with van der Waals surface area (Å²) in [6.07, 6.45) is 0. The van der Waals surface area contributed by atoms with E-state index in [1.807, 2.05) is 24.3 Å². The maximum Gasteiger partial charge on any atom is 0.151 e. The highest BCUT2D eigenvalue weighted by Gasteiger charge is 2.04. The molecule has 0 saturated carbocycles. The summed E-state index contributed by atoms with van der Waals surface area (Å²) in [5.74, 6) is -1.29. The van der Waals surface area contributed by atoms with Crippen molar-refractivity contribution in [3.8, 4) is 0 Å². The predicted octanol–water partition coefficient (Wildman–Crippen LogP) is 4.56. The molecule has 19 heavy (non-hydrogen) atoms. The van der Waals surface area contributed by atoms with Crippen LogP contribution < -0.4 is 5.43 Å². The number of benzene rings is 2. The molecular formula is C14H11BrF2N2. The lowest BCUT2D eigenvalue weighted by Gasteiger charge is -2.06. The Morgan fingerprint density at radius 1 is 1.16 bits per heavy atom. The molecule has 0 spiro atoms. The highest BCUT2D eigenvalue weighted by Crippen LogP contribution is 2.18. The molecule has 0 aliphatic carbocycles. The van der Waals surface area contributed by atoms with Gasteiger partial charge in [0, 0.05) is 16.1 Å². The summed E-state index contributed by atoms with van der Waals surface area (Å²) >= 11 is 3.41. The average Bonchev–Trinajstić information content (AvgIpc) is 2.38. The lowest BCUT2D eigenvalue weighted by molar-refractivity contribution is 0.585. The van der Waals surface area contributed by atoms with Gasteiger partial charge in [-0.25, -0.2) is 8.78 Å². The number of nitrogens with one attached hydrogen (secondary N) is 1. The Hall–Kier alpha value is -1.75. The Balaban J connectivity index is 2.21. The van der Waals surface area contributed by atoms with Gasteiger partial charge >= 0.3 is 0 Å². The molecule has 0 aromatic heterocycles. The summed E-state index contributed by atoms with van der Waals surface area (Å²) in [6.45, 7) is 1.80. The van der Waals surface area contributed by atoms with E-state index in [1.54, 1.807) is 6.92 Å². The molecule has 0 fully saturated rings. The molecule has 0 aliphatic rings. The second kappa shape index (κ2) is 5.93. The first kappa shape index (κ1) is 13.7. The van der Waals surface area contributed by atoms with E-state index >= 15 is 0 Å². The van der Waals surface area contributed by atoms with Gasteiger partial charge in [-0.3, -0.25) is 5.43 Å². The Labute approximate surface area is 118 Å². The molecule has 0 radical (unpaired) electrons. The summed E-state index contributed by atoms with van der Waals surface area (Å²) in [5.41, 5.74) is 4.31. The maximum absolute atomic E-state index is 13.4. The van der Waals surface area contributed by atoms with Gasteiger partial charge in [0.15, 0.2) is 5.82 Å². The van der Waals surface area contributed by atoms with E-state index in [1.165, 1.54) is 12.1 Å². The standard InChI is InChI=1S/C14H11BrF2N2/c1-9(11-4-2-3-5-12(11)15)18-19-14-7-6-10(16)8-13(14)17/h2-8,19H,1H3. The van der Waals surface area contributed by atoms with Crippen molar-refractivity contribution in [2.24, 2.45) is 5.10 Å². The summed E-state index contributed by atoms with van der Waals surface area (Å²) in [6, 6.07) is 10.9. The van der Waals surface area contributed by atoms with Crippen LogP contribution in [0.5, 0.6) is 0 Å². The van der Waals surface area contributed by atoms with Crippen LogP contribution in [0.3, 0.4) is 0 Å². The fraction of sp³-hybridized carbons (Fsp3) is 0.0714. The van der Waals surface area contributed by atoms with Crippen molar-refractivity contribution in [2.45, 2.75) is 6.92 Å². The molecule has 0 atom stereocenters. The second-order valence-corrected chi connectivity index (χ2v) is 4.77. The number of anilines is 1. The van der Waals surface area contributed by atoms with Crippen molar-refractivity contribution in [3.05, 3.63) is 64.1 Å². The molecule has 2 rings (SSSR count). The summed E-state index contributed by atoms with van der Waals surface area (Å²) in [7, 11) is 0. The van der Waals surface area contributed by atoms with Gasteiger partial charge in [-0.05, 0) is 25.1 Å². The van der Waals surface area contributed by atoms with Crippen LogP contribution in [0.1, 0.15) is 12.5 Å². The number of nitrogens with zero attached hydrogens (tertiary/aromatic N) is 1. The van der Waals surface area contributed by atoms with Crippen LogP contribution in [-0.2, 0) is 0 Å². The first-order valence-corrected chi connectivity index (χ1v) is 6.37. The lowest BCUT2D eigenvalue weighted by Crippen LogP contribution is -2.01. The molecule has 0 saturated heterocycles. The molecule has 0 bridgehead atoms. The zero-order valence-corrected chi connectivity index (χ0v) is 11.7. The molecule has 1 N–H and O–H groups in total. The second-order valence-electron chi connectivity index (χ2n) is 3.91. The average molecular weight is 325 g/mol. The van der Waals surface area contributed by atoms with Gasteiger partial charge in [0.2, 0.25) is 0 Å². The third-order valence-electron chi connectivity index (χ3n) is 2.54. The van der Waals surface area contributed by atoms with Gasteiger partial charge in [-0.15, -0.1) is 0 Å².